The lowest BCUT2D eigenvalue weighted by atomic mass is 10.1. The van der Waals surface area contributed by atoms with E-state index in [4.69, 9.17) is 0 Å². The van der Waals surface area contributed by atoms with Crippen LogP contribution >= 0.6 is 0 Å². The van der Waals surface area contributed by atoms with Gasteiger partial charge in [0.05, 0.1) is 5.69 Å². The highest BCUT2D eigenvalue weighted by atomic mass is 16.1. The molecule has 0 bridgehead atoms. The van der Waals surface area contributed by atoms with Gasteiger partial charge >= 0.3 is 0 Å². The van der Waals surface area contributed by atoms with Gasteiger partial charge in [0.1, 0.15) is 0 Å². The van der Waals surface area contributed by atoms with Crippen LogP contribution in [0.15, 0.2) is 17.2 Å². The number of hydrogen-bond acceptors (Lipinski definition) is 4. The molecule has 0 fully saturated rings. The van der Waals surface area contributed by atoms with Gasteiger partial charge in [0.15, 0.2) is 11.6 Å². The Bertz CT molecular complexity index is 557. The third kappa shape index (κ3) is 1.43. The van der Waals surface area contributed by atoms with Crippen LogP contribution in [0.3, 0.4) is 0 Å². The molecule has 0 aliphatic carbocycles. The zero-order valence-electron chi connectivity index (χ0n) is 8.58. The Balaban J connectivity index is 2.16. The second-order valence-corrected chi connectivity index (χ2v) is 3.70. The Kier molecular flexibility index (Phi) is 2.07. The molecule has 0 radical (unpaired) electrons. The molecule has 3 N–H and O–H groups in total. The maximum absolute atomic E-state index is 11.8. The van der Waals surface area contributed by atoms with Gasteiger partial charge in [0.25, 0.3) is 5.56 Å². The number of nitrogens with zero attached hydrogens (tertiary/aromatic N) is 2. The quantitative estimate of drug-likeness (QED) is 0.617. The molecule has 0 saturated carbocycles. The molecule has 2 aromatic heterocycles. The first-order valence-corrected chi connectivity index (χ1v) is 5.17. The van der Waals surface area contributed by atoms with Gasteiger partial charge in [0, 0.05) is 24.5 Å². The Hall–Kier alpha value is -1.95. The summed E-state index contributed by atoms with van der Waals surface area (Å²) in [5, 5.41) is 3.19. The van der Waals surface area contributed by atoms with Crippen LogP contribution in [0.25, 0.3) is 11.6 Å². The van der Waals surface area contributed by atoms with Crippen molar-refractivity contribution in [2.75, 3.05) is 6.54 Å². The third-order valence-corrected chi connectivity index (χ3v) is 2.67. The van der Waals surface area contributed by atoms with E-state index in [0.717, 1.165) is 24.2 Å². The number of hydrogen-bond donors (Lipinski definition) is 3. The lowest BCUT2D eigenvalue weighted by Gasteiger charge is -2.15. The number of aromatic nitrogens is 4. The summed E-state index contributed by atoms with van der Waals surface area (Å²) >= 11 is 0. The predicted octanol–water partition coefficient (Wildman–Crippen LogP) is -0.194. The summed E-state index contributed by atoms with van der Waals surface area (Å²) in [6.07, 6.45) is 4.07. The van der Waals surface area contributed by atoms with Crippen LogP contribution in [0.5, 0.6) is 0 Å². The van der Waals surface area contributed by atoms with E-state index in [-0.39, 0.29) is 5.56 Å². The van der Waals surface area contributed by atoms with Crippen molar-refractivity contribution in [3.8, 4) is 11.6 Å². The minimum Gasteiger partial charge on any atom is -0.342 e. The van der Waals surface area contributed by atoms with Crippen molar-refractivity contribution < 1.29 is 0 Å². The molecule has 1 aliphatic rings. The Morgan fingerprint density at radius 2 is 2.25 bits per heavy atom. The largest absolute Gasteiger partial charge is 0.342 e. The molecule has 0 unspecified atom stereocenters. The molecule has 0 aromatic carbocycles. The number of nitrogens with one attached hydrogen (secondary N) is 3. The molecule has 0 saturated heterocycles. The summed E-state index contributed by atoms with van der Waals surface area (Å²) in [7, 11) is 0. The first-order valence-electron chi connectivity index (χ1n) is 5.17. The standard InChI is InChI=1S/C10H11N5O/c16-10-6-1-2-11-5-7(6)14-9(15-10)8-12-3-4-13-8/h3-4,11H,1-2,5H2,(H,12,13)(H,14,15,16). The summed E-state index contributed by atoms with van der Waals surface area (Å²) in [6, 6.07) is 0. The molecule has 3 rings (SSSR count). The van der Waals surface area contributed by atoms with Crippen LogP contribution < -0.4 is 10.9 Å². The Labute approximate surface area is 91.2 Å². The second-order valence-electron chi connectivity index (χ2n) is 3.70. The molecule has 3 heterocycles. The molecule has 0 amide bonds. The molecule has 1 aliphatic heterocycles. The van der Waals surface area contributed by atoms with Gasteiger partial charge in [-0.3, -0.25) is 4.79 Å². The normalized spacial score (nSPS) is 14.8. The van der Waals surface area contributed by atoms with Gasteiger partial charge in [0.2, 0.25) is 0 Å². The minimum atomic E-state index is -0.0575. The van der Waals surface area contributed by atoms with Gasteiger partial charge < -0.3 is 15.3 Å². The fourth-order valence-corrected chi connectivity index (χ4v) is 1.88. The molecular weight excluding hydrogens is 206 g/mol. The van der Waals surface area contributed by atoms with E-state index in [0.29, 0.717) is 18.2 Å². The second kappa shape index (κ2) is 3.57. The molecule has 2 aromatic rings. The van der Waals surface area contributed by atoms with Gasteiger partial charge in [-0.2, -0.15) is 0 Å². The number of rotatable bonds is 1. The zero-order valence-corrected chi connectivity index (χ0v) is 8.58. The molecule has 16 heavy (non-hydrogen) atoms. The van der Waals surface area contributed by atoms with Gasteiger partial charge in [-0.25, -0.2) is 9.97 Å². The molecule has 0 spiro atoms. The van der Waals surface area contributed by atoms with E-state index in [1.165, 1.54) is 0 Å². The van der Waals surface area contributed by atoms with Crippen LogP contribution in [0.4, 0.5) is 0 Å². The van der Waals surface area contributed by atoms with E-state index in [9.17, 15) is 4.79 Å². The monoisotopic (exact) mass is 217 g/mol. The van der Waals surface area contributed by atoms with Gasteiger partial charge in [-0.05, 0) is 13.0 Å². The maximum atomic E-state index is 11.8. The van der Waals surface area contributed by atoms with E-state index in [1.807, 2.05) is 0 Å². The summed E-state index contributed by atoms with van der Waals surface area (Å²) < 4.78 is 0. The van der Waals surface area contributed by atoms with E-state index >= 15 is 0 Å². The maximum Gasteiger partial charge on any atom is 0.254 e. The Morgan fingerprint density at radius 3 is 3.06 bits per heavy atom. The van der Waals surface area contributed by atoms with Crippen molar-refractivity contribution in [3.63, 3.8) is 0 Å². The smallest absolute Gasteiger partial charge is 0.254 e. The van der Waals surface area contributed by atoms with Crippen molar-refractivity contribution in [2.24, 2.45) is 0 Å². The van der Waals surface area contributed by atoms with Crippen LogP contribution in [-0.4, -0.2) is 26.5 Å². The lowest BCUT2D eigenvalue weighted by molar-refractivity contribution is 0.619. The SMILES string of the molecule is O=c1[nH]c(-c2ncc[nH]2)nc2c1CCNC2. The number of H-pyrrole nitrogens is 2. The van der Waals surface area contributed by atoms with E-state index < -0.39 is 0 Å². The minimum absolute atomic E-state index is 0.0575. The predicted molar refractivity (Wildman–Crippen MR) is 57.9 cm³/mol. The fourth-order valence-electron chi connectivity index (χ4n) is 1.88. The van der Waals surface area contributed by atoms with E-state index in [2.05, 4.69) is 25.3 Å². The third-order valence-electron chi connectivity index (χ3n) is 2.67. The van der Waals surface area contributed by atoms with Crippen molar-refractivity contribution in [1.29, 1.82) is 0 Å². The zero-order chi connectivity index (χ0) is 11.0. The Morgan fingerprint density at radius 1 is 1.31 bits per heavy atom. The van der Waals surface area contributed by atoms with Crippen molar-refractivity contribution >= 4 is 0 Å². The average Bonchev–Trinajstić information content (AvgIpc) is 2.82. The lowest BCUT2D eigenvalue weighted by Crippen LogP contribution is -2.31. The topological polar surface area (TPSA) is 86.5 Å². The fraction of sp³-hybridized carbons (Fsp3) is 0.300. The van der Waals surface area contributed by atoms with Crippen LogP contribution in [0, 0.1) is 0 Å². The highest BCUT2D eigenvalue weighted by Crippen LogP contribution is 2.11. The van der Waals surface area contributed by atoms with Crippen LogP contribution in [-0.2, 0) is 13.0 Å². The van der Waals surface area contributed by atoms with Crippen LogP contribution in [0.2, 0.25) is 0 Å². The van der Waals surface area contributed by atoms with Crippen LogP contribution in [0.1, 0.15) is 11.3 Å². The summed E-state index contributed by atoms with van der Waals surface area (Å²) in [4.78, 5) is 26.0. The summed E-state index contributed by atoms with van der Waals surface area (Å²) in [6.45, 7) is 1.48. The summed E-state index contributed by atoms with van der Waals surface area (Å²) in [5.74, 6) is 1.09. The molecular formula is C10H11N5O. The average molecular weight is 217 g/mol. The molecule has 82 valence electrons. The highest BCUT2D eigenvalue weighted by molar-refractivity contribution is 5.43. The number of imidazole rings is 1. The van der Waals surface area contributed by atoms with E-state index in [1.54, 1.807) is 12.4 Å². The molecule has 6 heteroatoms. The molecule has 0 atom stereocenters. The van der Waals surface area contributed by atoms with Crippen molar-refractivity contribution in [3.05, 3.63) is 34.0 Å². The summed E-state index contributed by atoms with van der Waals surface area (Å²) in [5.41, 5.74) is 1.55. The highest BCUT2D eigenvalue weighted by Gasteiger charge is 2.16. The van der Waals surface area contributed by atoms with Gasteiger partial charge in [-0.1, -0.05) is 0 Å². The first kappa shape index (κ1) is 9.29. The number of aromatic amines is 2. The molecule has 6 nitrogen and oxygen atoms in total. The first-order chi connectivity index (χ1) is 7.84. The van der Waals surface area contributed by atoms with Gasteiger partial charge in [-0.15, -0.1) is 0 Å². The van der Waals surface area contributed by atoms with Crippen molar-refractivity contribution in [2.45, 2.75) is 13.0 Å². The van der Waals surface area contributed by atoms with Crippen molar-refractivity contribution in [1.82, 2.24) is 25.3 Å². The number of fused-ring (bicyclic) bond motifs is 1.